The Hall–Kier alpha value is -5.06. The van der Waals surface area contributed by atoms with Crippen molar-refractivity contribution >= 4 is 35.1 Å². The molecular formula is C27H26N8O3. The van der Waals surface area contributed by atoms with Gasteiger partial charge in [0.15, 0.2) is 0 Å². The maximum Gasteiger partial charge on any atom is 0.328 e. The second-order valence-corrected chi connectivity index (χ2v) is 8.69. The van der Waals surface area contributed by atoms with Gasteiger partial charge in [-0.05, 0) is 48.0 Å². The van der Waals surface area contributed by atoms with Gasteiger partial charge in [0.1, 0.15) is 6.04 Å². The van der Waals surface area contributed by atoms with Crippen molar-refractivity contribution < 1.29 is 14.7 Å². The molecule has 0 bridgehead atoms. The topological polar surface area (TPSA) is 145 Å². The normalized spacial score (nSPS) is 14.6. The number of nitrogens with zero attached hydrogens (tertiary/aromatic N) is 5. The summed E-state index contributed by atoms with van der Waals surface area (Å²) in [7, 11) is 1.76. The Morgan fingerprint density at radius 3 is 2.58 bits per heavy atom. The molecule has 3 heterocycles. The first-order valence-corrected chi connectivity index (χ1v) is 12.1. The second kappa shape index (κ2) is 10.9. The summed E-state index contributed by atoms with van der Waals surface area (Å²) in [4.78, 5) is 44.2. The highest BCUT2D eigenvalue weighted by Gasteiger charge is 2.28. The minimum Gasteiger partial charge on any atom is -0.480 e. The van der Waals surface area contributed by atoms with Crippen LogP contribution in [-0.4, -0.2) is 56.6 Å². The van der Waals surface area contributed by atoms with E-state index in [4.69, 9.17) is 0 Å². The highest BCUT2D eigenvalue weighted by atomic mass is 16.4. The van der Waals surface area contributed by atoms with Crippen LogP contribution in [0.5, 0.6) is 0 Å². The number of nitrogens with one attached hydrogen (secondary N) is 3. The molecule has 11 nitrogen and oxygen atoms in total. The molecule has 11 heteroatoms. The summed E-state index contributed by atoms with van der Waals surface area (Å²) < 4.78 is 0. The molecule has 0 spiro atoms. The van der Waals surface area contributed by atoms with E-state index in [1.165, 1.54) is 0 Å². The van der Waals surface area contributed by atoms with E-state index in [9.17, 15) is 14.7 Å². The summed E-state index contributed by atoms with van der Waals surface area (Å²) in [6.45, 7) is -0.0643. The minimum atomic E-state index is -1.22. The summed E-state index contributed by atoms with van der Waals surface area (Å²) in [6, 6.07) is 16.8. The SMILES string of the molecule is CNc1nccc(C2Cc3cc(C(=O)NC(CN(c4ccccc4)c4ncccn4)C(=O)O)ccc3N2)n1. The van der Waals surface area contributed by atoms with Crippen molar-refractivity contribution in [1.82, 2.24) is 25.3 Å². The summed E-state index contributed by atoms with van der Waals surface area (Å²) >= 11 is 0. The van der Waals surface area contributed by atoms with E-state index in [0.29, 0.717) is 29.6 Å². The van der Waals surface area contributed by atoms with Crippen molar-refractivity contribution in [3.8, 4) is 0 Å². The number of carboxylic acid groups (broad SMARTS) is 1. The molecule has 0 saturated heterocycles. The number of fused-ring (bicyclic) bond motifs is 1. The van der Waals surface area contributed by atoms with Crippen LogP contribution in [0.4, 0.5) is 23.3 Å². The summed E-state index contributed by atoms with van der Waals surface area (Å²) in [6.07, 6.45) is 5.49. The van der Waals surface area contributed by atoms with Gasteiger partial charge in [-0.3, -0.25) is 4.79 Å². The molecule has 4 N–H and O–H groups in total. The summed E-state index contributed by atoms with van der Waals surface area (Å²) in [5, 5.41) is 19.0. The lowest BCUT2D eigenvalue weighted by Gasteiger charge is -2.26. The first-order valence-electron chi connectivity index (χ1n) is 12.1. The Morgan fingerprint density at radius 1 is 1.05 bits per heavy atom. The quantitative estimate of drug-likeness (QED) is 0.265. The van der Waals surface area contributed by atoms with Gasteiger partial charge in [-0.15, -0.1) is 0 Å². The average Bonchev–Trinajstić information content (AvgIpc) is 3.39. The Morgan fingerprint density at radius 2 is 1.84 bits per heavy atom. The number of carboxylic acids is 1. The minimum absolute atomic E-state index is 0.0597. The monoisotopic (exact) mass is 510 g/mol. The van der Waals surface area contributed by atoms with Gasteiger partial charge in [-0.2, -0.15) is 0 Å². The average molecular weight is 511 g/mol. The van der Waals surface area contributed by atoms with Gasteiger partial charge in [-0.25, -0.2) is 24.7 Å². The summed E-state index contributed by atoms with van der Waals surface area (Å²) in [5.41, 5.74) is 3.77. The molecule has 1 aliphatic heterocycles. The van der Waals surface area contributed by atoms with Gasteiger partial charge < -0.3 is 26.0 Å². The van der Waals surface area contributed by atoms with E-state index < -0.39 is 17.9 Å². The van der Waals surface area contributed by atoms with Gasteiger partial charge in [0.25, 0.3) is 5.91 Å². The van der Waals surface area contributed by atoms with E-state index in [2.05, 4.69) is 35.9 Å². The van der Waals surface area contributed by atoms with Crippen LogP contribution in [0.25, 0.3) is 0 Å². The molecule has 1 amide bonds. The third kappa shape index (κ3) is 5.36. The van der Waals surface area contributed by atoms with Crippen molar-refractivity contribution in [2.75, 3.05) is 29.1 Å². The molecule has 38 heavy (non-hydrogen) atoms. The molecule has 2 atom stereocenters. The largest absolute Gasteiger partial charge is 0.480 e. The van der Waals surface area contributed by atoms with Crippen LogP contribution >= 0.6 is 0 Å². The molecule has 1 aliphatic rings. The van der Waals surface area contributed by atoms with Gasteiger partial charge in [-0.1, -0.05) is 18.2 Å². The van der Waals surface area contributed by atoms with Crippen molar-refractivity contribution in [3.63, 3.8) is 0 Å². The van der Waals surface area contributed by atoms with Crippen LogP contribution in [0.15, 0.2) is 79.3 Å². The van der Waals surface area contributed by atoms with Crippen molar-refractivity contribution in [2.24, 2.45) is 0 Å². The van der Waals surface area contributed by atoms with Crippen LogP contribution in [-0.2, 0) is 11.2 Å². The molecule has 5 rings (SSSR count). The van der Waals surface area contributed by atoms with Crippen LogP contribution in [0, 0.1) is 0 Å². The van der Waals surface area contributed by atoms with Gasteiger partial charge in [0, 0.05) is 49.0 Å². The zero-order valence-electron chi connectivity index (χ0n) is 20.6. The maximum atomic E-state index is 13.2. The second-order valence-electron chi connectivity index (χ2n) is 8.69. The summed E-state index contributed by atoms with van der Waals surface area (Å²) in [5.74, 6) is -0.780. The number of aliphatic carboxylic acids is 1. The van der Waals surface area contributed by atoms with Crippen LogP contribution in [0.2, 0.25) is 0 Å². The van der Waals surface area contributed by atoms with Gasteiger partial charge in [0.05, 0.1) is 18.3 Å². The Balaban J connectivity index is 1.33. The highest BCUT2D eigenvalue weighted by molar-refractivity contribution is 5.97. The molecule has 0 saturated carbocycles. The number of anilines is 4. The van der Waals surface area contributed by atoms with Crippen molar-refractivity contribution in [3.05, 3.63) is 96.1 Å². The fraction of sp³-hybridized carbons (Fsp3) is 0.185. The fourth-order valence-electron chi connectivity index (χ4n) is 4.32. The van der Waals surface area contributed by atoms with Crippen LogP contribution in [0.3, 0.4) is 0 Å². The molecule has 0 radical (unpaired) electrons. The number of aromatic nitrogens is 4. The molecule has 192 valence electrons. The first kappa shape index (κ1) is 24.6. The Kier molecular flexibility index (Phi) is 7.07. The number of benzene rings is 2. The first-order chi connectivity index (χ1) is 18.5. The number of carbonyl (C=O) groups is 2. The Labute approximate surface area is 219 Å². The number of hydrogen-bond donors (Lipinski definition) is 4. The van der Waals surface area contributed by atoms with E-state index in [-0.39, 0.29) is 12.6 Å². The third-order valence-corrected chi connectivity index (χ3v) is 6.21. The predicted molar refractivity (Wildman–Crippen MR) is 142 cm³/mol. The van der Waals surface area contributed by atoms with Crippen LogP contribution < -0.4 is 20.9 Å². The van der Waals surface area contributed by atoms with Crippen molar-refractivity contribution in [1.29, 1.82) is 0 Å². The Bertz CT molecular complexity index is 1400. The van der Waals surface area contributed by atoms with Gasteiger partial charge in [0.2, 0.25) is 11.9 Å². The van der Waals surface area contributed by atoms with E-state index in [0.717, 1.165) is 16.9 Å². The molecule has 2 aromatic heterocycles. The van der Waals surface area contributed by atoms with Crippen molar-refractivity contribution in [2.45, 2.75) is 18.5 Å². The number of rotatable bonds is 9. The molecule has 2 aromatic carbocycles. The predicted octanol–water partition coefficient (Wildman–Crippen LogP) is 3.04. The standard InChI is InChI=1S/C27H26N8O3/c1-28-26-29-13-10-21(34-26)22-15-18-14-17(8-9-20(18)32-22)24(36)33-23(25(37)38)16-35(19-6-3-2-4-7-19)27-30-11-5-12-31-27/h2-14,22-23,32H,15-16H2,1H3,(H,33,36)(H,37,38)(H,28,29,34). The lowest BCUT2D eigenvalue weighted by Crippen LogP contribution is -2.48. The third-order valence-electron chi connectivity index (χ3n) is 6.21. The number of amides is 1. The molecule has 0 fully saturated rings. The number of carbonyl (C=O) groups excluding carboxylic acids is 1. The number of hydrogen-bond acceptors (Lipinski definition) is 9. The van der Waals surface area contributed by atoms with E-state index in [1.807, 2.05) is 42.5 Å². The maximum absolute atomic E-state index is 13.2. The zero-order chi connectivity index (χ0) is 26.5. The van der Waals surface area contributed by atoms with Crippen LogP contribution in [0.1, 0.15) is 27.7 Å². The molecular weight excluding hydrogens is 484 g/mol. The smallest absolute Gasteiger partial charge is 0.328 e. The van der Waals surface area contributed by atoms with Gasteiger partial charge >= 0.3 is 5.97 Å². The van der Waals surface area contributed by atoms with E-state index in [1.54, 1.807) is 48.7 Å². The lowest BCUT2D eigenvalue weighted by molar-refractivity contribution is -0.138. The zero-order valence-corrected chi connectivity index (χ0v) is 20.6. The number of para-hydroxylation sites is 1. The fourth-order valence-corrected chi connectivity index (χ4v) is 4.32. The molecule has 0 aliphatic carbocycles. The molecule has 4 aromatic rings. The molecule has 2 unspecified atom stereocenters. The highest BCUT2D eigenvalue weighted by Crippen LogP contribution is 2.34. The van der Waals surface area contributed by atoms with E-state index >= 15 is 0 Å². The lowest BCUT2D eigenvalue weighted by atomic mass is 10.0.